The fraction of sp³-hybridized carbons (Fsp3) is 0.455. The van der Waals surface area contributed by atoms with Gasteiger partial charge in [-0.05, 0) is 31.7 Å². The highest BCUT2D eigenvalue weighted by atomic mass is 35.5. The normalized spacial score (nSPS) is 20.3. The molecule has 4 nitrogen and oxygen atoms in total. The van der Waals surface area contributed by atoms with Crippen molar-refractivity contribution >= 4 is 34.0 Å². The van der Waals surface area contributed by atoms with Crippen molar-refractivity contribution in [1.29, 1.82) is 0 Å². The maximum absolute atomic E-state index is 12.9. The number of benzene rings is 1. The topological polar surface area (TPSA) is 49.4 Å². The molecule has 108 valence electrons. The summed E-state index contributed by atoms with van der Waals surface area (Å²) in [5.74, 6) is -0.548. The van der Waals surface area contributed by atoms with Crippen LogP contribution in [0.15, 0.2) is 23.1 Å². The summed E-state index contributed by atoms with van der Waals surface area (Å²) < 4.78 is 38.9. The lowest BCUT2D eigenvalue weighted by Gasteiger charge is -2.17. The van der Waals surface area contributed by atoms with Gasteiger partial charge in [0.05, 0.1) is 5.02 Å². The van der Waals surface area contributed by atoms with Crippen LogP contribution in [0.4, 0.5) is 4.39 Å². The predicted molar refractivity (Wildman–Crippen MR) is 74.9 cm³/mol. The van der Waals surface area contributed by atoms with E-state index in [-0.39, 0.29) is 28.4 Å². The van der Waals surface area contributed by atoms with Gasteiger partial charge in [-0.1, -0.05) is 11.6 Å². The van der Waals surface area contributed by atoms with Crippen molar-refractivity contribution in [3.8, 4) is 0 Å². The van der Waals surface area contributed by atoms with Gasteiger partial charge >= 0.3 is 0 Å². The number of nitrogens with one attached hydrogen (secondary N) is 1. The molecule has 1 heterocycles. The van der Waals surface area contributed by atoms with Gasteiger partial charge in [0.15, 0.2) is 0 Å². The third-order valence-corrected chi connectivity index (χ3v) is 5.42. The Labute approximate surface area is 123 Å². The van der Waals surface area contributed by atoms with Crippen LogP contribution in [0.2, 0.25) is 5.02 Å². The van der Waals surface area contributed by atoms with E-state index in [1.807, 2.05) is 0 Å². The minimum Gasteiger partial charge on any atom is -0.316 e. The Morgan fingerprint density at radius 1 is 1.47 bits per heavy atom. The van der Waals surface area contributed by atoms with Gasteiger partial charge in [0.1, 0.15) is 10.7 Å². The van der Waals surface area contributed by atoms with Crippen LogP contribution < -0.4 is 5.32 Å². The molecule has 19 heavy (non-hydrogen) atoms. The summed E-state index contributed by atoms with van der Waals surface area (Å²) >= 11 is 5.80. The third-order valence-electron chi connectivity index (χ3n) is 3.07. The molecule has 1 N–H and O–H groups in total. The van der Waals surface area contributed by atoms with Crippen molar-refractivity contribution in [2.45, 2.75) is 17.4 Å². The Kier molecular flexibility index (Phi) is 5.58. The largest absolute Gasteiger partial charge is 0.316 e. The molecule has 0 aromatic heterocycles. The molecule has 8 heteroatoms. The SMILES string of the molecule is CNC1CCN(S(=O)(=O)c2ccc(F)cc2Cl)C1.Cl. The molecule has 1 aromatic carbocycles. The first kappa shape index (κ1) is 16.7. The van der Waals surface area contributed by atoms with Crippen molar-refractivity contribution < 1.29 is 12.8 Å². The average Bonchev–Trinajstić information content (AvgIpc) is 2.77. The van der Waals surface area contributed by atoms with Crippen LogP contribution in [0.3, 0.4) is 0 Å². The summed E-state index contributed by atoms with van der Waals surface area (Å²) in [6.45, 7) is 0.855. The van der Waals surface area contributed by atoms with E-state index in [9.17, 15) is 12.8 Å². The van der Waals surface area contributed by atoms with E-state index in [1.165, 1.54) is 10.4 Å². The number of hydrogen-bond acceptors (Lipinski definition) is 3. The van der Waals surface area contributed by atoms with Crippen molar-refractivity contribution in [3.63, 3.8) is 0 Å². The maximum atomic E-state index is 12.9. The van der Waals surface area contributed by atoms with Crippen LogP contribution in [-0.4, -0.2) is 38.9 Å². The number of likely N-dealkylation sites (N-methyl/N-ethyl adjacent to an activating group) is 1. The molecule has 1 atom stereocenters. The first-order chi connectivity index (χ1) is 8.45. The fourth-order valence-corrected chi connectivity index (χ4v) is 4.01. The zero-order valence-electron chi connectivity index (χ0n) is 10.3. The second-order valence-electron chi connectivity index (χ2n) is 4.21. The molecule has 1 unspecified atom stereocenters. The van der Waals surface area contributed by atoms with Crippen LogP contribution >= 0.6 is 24.0 Å². The summed E-state index contributed by atoms with van der Waals surface area (Å²) in [4.78, 5) is -0.0395. The van der Waals surface area contributed by atoms with Crippen LogP contribution in [0, 0.1) is 5.82 Å². The molecule has 0 spiro atoms. The molecule has 0 aliphatic carbocycles. The molecule has 0 radical (unpaired) electrons. The molecule has 1 aliphatic rings. The van der Waals surface area contributed by atoms with Crippen LogP contribution in [-0.2, 0) is 10.0 Å². The van der Waals surface area contributed by atoms with Crippen molar-refractivity contribution in [3.05, 3.63) is 29.0 Å². The summed E-state index contributed by atoms with van der Waals surface area (Å²) in [5.41, 5.74) is 0. The Bertz CT molecular complexity index is 554. The fourth-order valence-electron chi connectivity index (χ4n) is 2.01. The minimum absolute atomic E-state index is 0. The highest BCUT2D eigenvalue weighted by Crippen LogP contribution is 2.27. The number of sulfonamides is 1. The molecule has 1 saturated heterocycles. The number of rotatable bonds is 3. The van der Waals surface area contributed by atoms with Gasteiger partial charge in [-0.2, -0.15) is 4.31 Å². The van der Waals surface area contributed by atoms with Gasteiger partial charge in [-0.15, -0.1) is 12.4 Å². The van der Waals surface area contributed by atoms with Gasteiger partial charge in [-0.3, -0.25) is 0 Å². The number of hydrogen-bond donors (Lipinski definition) is 1. The summed E-state index contributed by atoms with van der Waals surface area (Å²) in [6.07, 6.45) is 0.758. The van der Waals surface area contributed by atoms with E-state index in [1.54, 1.807) is 7.05 Å². The zero-order valence-corrected chi connectivity index (χ0v) is 12.7. The second kappa shape index (κ2) is 6.37. The second-order valence-corrected chi connectivity index (χ2v) is 6.53. The lowest BCUT2D eigenvalue weighted by Crippen LogP contribution is -2.33. The monoisotopic (exact) mass is 328 g/mol. The number of nitrogens with zero attached hydrogens (tertiary/aromatic N) is 1. The molecule has 0 bridgehead atoms. The third kappa shape index (κ3) is 3.38. The van der Waals surface area contributed by atoms with E-state index in [0.29, 0.717) is 13.1 Å². The molecule has 2 rings (SSSR count). The highest BCUT2D eigenvalue weighted by Gasteiger charge is 2.33. The molecule has 0 saturated carbocycles. The Morgan fingerprint density at radius 2 is 2.16 bits per heavy atom. The zero-order chi connectivity index (χ0) is 13.3. The van der Waals surface area contributed by atoms with E-state index in [4.69, 9.17) is 11.6 Å². The van der Waals surface area contributed by atoms with Gasteiger partial charge in [0, 0.05) is 19.1 Å². The van der Waals surface area contributed by atoms with Gasteiger partial charge in [-0.25, -0.2) is 12.8 Å². The molecular weight excluding hydrogens is 314 g/mol. The van der Waals surface area contributed by atoms with E-state index >= 15 is 0 Å². The van der Waals surface area contributed by atoms with Gasteiger partial charge in [0.2, 0.25) is 10.0 Å². The molecule has 1 aliphatic heterocycles. The Balaban J connectivity index is 0.00000180. The lowest BCUT2D eigenvalue weighted by atomic mass is 10.3. The minimum atomic E-state index is -3.63. The van der Waals surface area contributed by atoms with Crippen molar-refractivity contribution in [1.82, 2.24) is 9.62 Å². The highest BCUT2D eigenvalue weighted by molar-refractivity contribution is 7.89. The standard InChI is InChI=1S/C11H14ClFN2O2S.ClH/c1-14-9-4-5-15(7-9)18(16,17)11-3-2-8(13)6-10(11)12;/h2-3,6,9,14H,4-5,7H2,1H3;1H. The molecule has 0 amide bonds. The molecular formula is C11H15Cl2FN2O2S. The van der Waals surface area contributed by atoms with Crippen LogP contribution in [0.25, 0.3) is 0 Å². The summed E-state index contributed by atoms with van der Waals surface area (Å²) in [7, 11) is -1.84. The van der Waals surface area contributed by atoms with Crippen molar-refractivity contribution in [2.24, 2.45) is 0 Å². The van der Waals surface area contributed by atoms with Crippen molar-refractivity contribution in [2.75, 3.05) is 20.1 Å². The average molecular weight is 329 g/mol. The Hall–Kier alpha value is -0.400. The predicted octanol–water partition coefficient (Wildman–Crippen LogP) is 1.88. The van der Waals surface area contributed by atoms with E-state index < -0.39 is 15.8 Å². The van der Waals surface area contributed by atoms with Crippen LogP contribution in [0.5, 0.6) is 0 Å². The van der Waals surface area contributed by atoms with Gasteiger partial charge in [0.25, 0.3) is 0 Å². The first-order valence-corrected chi connectivity index (χ1v) is 7.39. The van der Waals surface area contributed by atoms with E-state index in [2.05, 4.69) is 5.32 Å². The smallest absolute Gasteiger partial charge is 0.244 e. The summed E-state index contributed by atoms with van der Waals surface area (Å²) in [5, 5.41) is 2.96. The molecule has 1 aromatic rings. The number of halogens is 3. The van der Waals surface area contributed by atoms with E-state index in [0.717, 1.165) is 18.6 Å². The van der Waals surface area contributed by atoms with Crippen LogP contribution in [0.1, 0.15) is 6.42 Å². The summed E-state index contributed by atoms with van der Waals surface area (Å²) in [6, 6.07) is 3.48. The first-order valence-electron chi connectivity index (χ1n) is 5.57. The quantitative estimate of drug-likeness (QED) is 0.921. The maximum Gasteiger partial charge on any atom is 0.244 e. The molecule has 1 fully saturated rings. The van der Waals surface area contributed by atoms with Gasteiger partial charge < -0.3 is 5.32 Å². The Morgan fingerprint density at radius 3 is 2.68 bits per heavy atom. The lowest BCUT2D eigenvalue weighted by molar-refractivity contribution is 0.464.